The molecule has 0 aromatic carbocycles. The lowest BCUT2D eigenvalue weighted by molar-refractivity contribution is 0.581. The first-order valence-corrected chi connectivity index (χ1v) is 9.14. The quantitative estimate of drug-likeness (QED) is 0.915. The van der Waals surface area contributed by atoms with E-state index in [1.54, 1.807) is 11.4 Å². The molecule has 1 N–H and O–H groups in total. The molecule has 0 bridgehead atoms. The lowest BCUT2D eigenvalue weighted by Crippen LogP contribution is -2.29. The highest BCUT2D eigenvalue weighted by Crippen LogP contribution is 2.29. The monoisotopic (exact) mass is 341 g/mol. The Morgan fingerprint density at radius 3 is 2.94 bits per heavy atom. The van der Waals surface area contributed by atoms with E-state index in [-0.39, 0.29) is 0 Å². The third-order valence-electron chi connectivity index (χ3n) is 2.35. The van der Waals surface area contributed by atoms with E-state index >= 15 is 0 Å². The Kier molecular flexibility index (Phi) is 4.34. The molecule has 90 valence electrons. The zero-order valence-electron chi connectivity index (χ0n) is 8.48. The smallest absolute Gasteiger partial charge is 0.209 e. The first-order valence-electron chi connectivity index (χ1n) is 4.94. The summed E-state index contributed by atoms with van der Waals surface area (Å²) >= 11 is 6.33. The van der Waals surface area contributed by atoms with Gasteiger partial charge in [0.25, 0.3) is 10.0 Å². The molecular formula is C9H12BrNO2S3. The molecule has 1 aliphatic rings. The number of hydrogen-bond acceptors (Lipinski definition) is 4. The van der Waals surface area contributed by atoms with E-state index in [1.165, 1.54) is 17.8 Å². The molecule has 0 spiro atoms. The van der Waals surface area contributed by atoms with Gasteiger partial charge in [0.15, 0.2) is 0 Å². The number of hydrogen-bond donors (Lipinski definition) is 1. The summed E-state index contributed by atoms with van der Waals surface area (Å²) in [5.74, 6) is 1.15. The predicted octanol–water partition coefficient (Wildman–Crippen LogP) is 2.68. The number of halogens is 1. The maximum atomic E-state index is 11.9. The molecule has 1 aliphatic heterocycles. The summed E-state index contributed by atoms with van der Waals surface area (Å²) in [5.41, 5.74) is 0. The zero-order chi connectivity index (χ0) is 11.6. The van der Waals surface area contributed by atoms with Crippen LogP contribution >= 0.6 is 39.0 Å². The van der Waals surface area contributed by atoms with Gasteiger partial charge < -0.3 is 0 Å². The van der Waals surface area contributed by atoms with Gasteiger partial charge in [0.05, 0.1) is 0 Å². The maximum absolute atomic E-state index is 11.9. The topological polar surface area (TPSA) is 46.2 Å². The van der Waals surface area contributed by atoms with Gasteiger partial charge in [-0.3, -0.25) is 0 Å². The number of thiophene rings is 1. The van der Waals surface area contributed by atoms with Crippen LogP contribution < -0.4 is 4.72 Å². The van der Waals surface area contributed by atoms with Gasteiger partial charge in [-0.1, -0.05) is 0 Å². The van der Waals surface area contributed by atoms with Crippen LogP contribution in [-0.4, -0.2) is 26.0 Å². The Balaban J connectivity index is 2.00. The molecule has 1 unspecified atom stereocenters. The molecule has 16 heavy (non-hydrogen) atoms. The Bertz CT molecular complexity index is 451. The summed E-state index contributed by atoms with van der Waals surface area (Å²) in [5, 5.41) is 2.21. The van der Waals surface area contributed by atoms with Gasteiger partial charge in [-0.15, -0.1) is 11.3 Å². The minimum Gasteiger partial charge on any atom is -0.209 e. The summed E-state index contributed by atoms with van der Waals surface area (Å²) in [4.78, 5) is 0. The molecule has 1 aromatic heterocycles. The van der Waals surface area contributed by atoms with Crippen LogP contribution in [0.15, 0.2) is 20.1 Å². The van der Waals surface area contributed by atoms with Crippen molar-refractivity contribution in [1.82, 2.24) is 4.72 Å². The fourth-order valence-electron chi connectivity index (χ4n) is 1.55. The highest BCUT2D eigenvalue weighted by atomic mass is 79.9. The van der Waals surface area contributed by atoms with Gasteiger partial charge in [0.2, 0.25) is 0 Å². The summed E-state index contributed by atoms with van der Waals surface area (Å²) in [6, 6.07) is 1.75. The SMILES string of the molecule is O=S(=O)(NCC1CCCS1)c1sccc1Br. The Morgan fingerprint density at radius 1 is 1.56 bits per heavy atom. The molecule has 3 nitrogen and oxygen atoms in total. The molecule has 0 aliphatic carbocycles. The third kappa shape index (κ3) is 3.01. The zero-order valence-corrected chi connectivity index (χ0v) is 12.5. The van der Waals surface area contributed by atoms with Crippen LogP contribution in [0.5, 0.6) is 0 Å². The second-order valence-electron chi connectivity index (χ2n) is 3.54. The molecular weight excluding hydrogens is 330 g/mol. The van der Waals surface area contributed by atoms with Crippen LogP contribution in [0.1, 0.15) is 12.8 Å². The molecule has 0 amide bonds. The standard InChI is InChI=1S/C9H12BrNO2S3/c10-8-3-5-15-9(8)16(12,13)11-6-7-2-1-4-14-7/h3,5,7,11H,1-2,4,6H2. The van der Waals surface area contributed by atoms with Crippen molar-refractivity contribution in [3.8, 4) is 0 Å². The van der Waals surface area contributed by atoms with Crippen molar-refractivity contribution in [2.75, 3.05) is 12.3 Å². The van der Waals surface area contributed by atoms with E-state index in [1.807, 2.05) is 11.8 Å². The van der Waals surface area contributed by atoms with Crippen molar-refractivity contribution < 1.29 is 8.42 Å². The van der Waals surface area contributed by atoms with Crippen molar-refractivity contribution in [3.63, 3.8) is 0 Å². The number of nitrogens with one attached hydrogen (secondary N) is 1. The van der Waals surface area contributed by atoms with Gasteiger partial charge in [0, 0.05) is 16.3 Å². The van der Waals surface area contributed by atoms with E-state index in [0.29, 0.717) is 20.5 Å². The summed E-state index contributed by atoms with van der Waals surface area (Å²) in [7, 11) is -3.33. The molecule has 1 saturated heterocycles. The lowest BCUT2D eigenvalue weighted by atomic mass is 10.2. The van der Waals surface area contributed by atoms with Crippen LogP contribution in [0, 0.1) is 0 Å². The first kappa shape index (κ1) is 12.9. The van der Waals surface area contributed by atoms with Crippen molar-refractivity contribution in [2.24, 2.45) is 0 Å². The highest BCUT2D eigenvalue weighted by molar-refractivity contribution is 9.10. The lowest BCUT2D eigenvalue weighted by Gasteiger charge is -2.09. The second kappa shape index (κ2) is 5.39. The summed E-state index contributed by atoms with van der Waals surface area (Å²) < 4.78 is 27.6. The minimum absolute atomic E-state index is 0.371. The van der Waals surface area contributed by atoms with E-state index < -0.39 is 10.0 Å². The van der Waals surface area contributed by atoms with Gasteiger partial charge in [-0.2, -0.15) is 11.8 Å². The van der Waals surface area contributed by atoms with Gasteiger partial charge in [0.1, 0.15) is 4.21 Å². The van der Waals surface area contributed by atoms with Crippen molar-refractivity contribution in [1.29, 1.82) is 0 Å². The van der Waals surface area contributed by atoms with E-state index in [9.17, 15) is 8.42 Å². The average Bonchev–Trinajstić information content (AvgIpc) is 2.85. The molecule has 0 radical (unpaired) electrons. The van der Waals surface area contributed by atoms with Gasteiger partial charge in [-0.05, 0) is 46.0 Å². The van der Waals surface area contributed by atoms with Crippen molar-refractivity contribution in [2.45, 2.75) is 22.3 Å². The fraction of sp³-hybridized carbons (Fsp3) is 0.556. The van der Waals surface area contributed by atoms with Crippen molar-refractivity contribution >= 4 is 49.1 Å². The first-order chi connectivity index (χ1) is 7.59. The number of rotatable bonds is 4. The number of sulfonamides is 1. The largest absolute Gasteiger partial charge is 0.251 e. The summed E-state index contributed by atoms with van der Waals surface area (Å²) in [6.07, 6.45) is 2.30. The van der Waals surface area contributed by atoms with Crippen molar-refractivity contribution in [3.05, 3.63) is 15.9 Å². The van der Waals surface area contributed by atoms with E-state index in [2.05, 4.69) is 20.7 Å². The predicted molar refractivity (Wildman–Crippen MR) is 72.7 cm³/mol. The van der Waals surface area contributed by atoms with Gasteiger partial charge >= 0.3 is 0 Å². The molecule has 7 heteroatoms. The van der Waals surface area contributed by atoms with E-state index in [0.717, 1.165) is 12.2 Å². The molecule has 1 fully saturated rings. The minimum atomic E-state index is -3.33. The Hall–Kier alpha value is 0.440. The van der Waals surface area contributed by atoms with E-state index in [4.69, 9.17) is 0 Å². The highest BCUT2D eigenvalue weighted by Gasteiger charge is 2.22. The van der Waals surface area contributed by atoms with Crippen LogP contribution in [0.3, 0.4) is 0 Å². The Labute approximate surface area is 112 Å². The van der Waals surface area contributed by atoms with Crippen LogP contribution in [0.4, 0.5) is 0 Å². The van der Waals surface area contributed by atoms with Crippen LogP contribution in [0.25, 0.3) is 0 Å². The molecule has 2 rings (SSSR count). The van der Waals surface area contributed by atoms with Gasteiger partial charge in [-0.25, -0.2) is 13.1 Å². The Morgan fingerprint density at radius 2 is 2.38 bits per heavy atom. The fourth-order valence-corrected chi connectivity index (χ4v) is 6.31. The van der Waals surface area contributed by atoms with Crippen LogP contribution in [0.2, 0.25) is 0 Å². The van der Waals surface area contributed by atoms with Crippen LogP contribution in [-0.2, 0) is 10.0 Å². The maximum Gasteiger partial charge on any atom is 0.251 e. The normalized spacial score (nSPS) is 21.4. The summed E-state index contributed by atoms with van der Waals surface area (Å²) in [6.45, 7) is 0.539. The molecule has 1 atom stereocenters. The molecule has 0 saturated carbocycles. The molecule has 1 aromatic rings. The average molecular weight is 342 g/mol. The number of thioether (sulfide) groups is 1. The third-order valence-corrected chi connectivity index (χ3v) is 7.85. The second-order valence-corrected chi connectivity index (χ2v) is 8.68. The molecule has 2 heterocycles.